The van der Waals surface area contributed by atoms with Crippen LogP contribution in [0.5, 0.6) is 11.5 Å². The van der Waals surface area contributed by atoms with Crippen molar-refractivity contribution >= 4 is 44.4 Å². The first kappa shape index (κ1) is 22.4. The van der Waals surface area contributed by atoms with Gasteiger partial charge in [0, 0.05) is 50.1 Å². The number of ether oxygens (including phenoxy) is 2. The van der Waals surface area contributed by atoms with Crippen LogP contribution in [0.4, 0.5) is 4.79 Å². The number of nitrogens with zero attached hydrogens (tertiary/aromatic N) is 3. The van der Waals surface area contributed by atoms with Crippen LogP contribution in [0.1, 0.15) is 28.7 Å². The van der Waals surface area contributed by atoms with Crippen molar-refractivity contribution in [2.24, 2.45) is 0 Å². The molecule has 1 aliphatic heterocycles. The van der Waals surface area contributed by atoms with Crippen LogP contribution in [0.2, 0.25) is 0 Å². The van der Waals surface area contributed by atoms with Crippen molar-refractivity contribution < 1.29 is 19.1 Å². The predicted molar refractivity (Wildman–Crippen MR) is 132 cm³/mol. The molecular formula is C25H26N4O4S. The molecule has 2 amide bonds. The fraction of sp³-hybridized carbons (Fsp3) is 0.320. The van der Waals surface area contributed by atoms with E-state index in [0.717, 1.165) is 33.2 Å². The Labute approximate surface area is 201 Å². The van der Waals surface area contributed by atoms with Crippen molar-refractivity contribution in [1.82, 2.24) is 19.8 Å². The Balaban J connectivity index is 1.43. The van der Waals surface area contributed by atoms with Gasteiger partial charge in [0.15, 0.2) is 0 Å². The second kappa shape index (κ2) is 9.08. The Hall–Kier alpha value is -3.43. The van der Waals surface area contributed by atoms with E-state index < -0.39 is 0 Å². The van der Waals surface area contributed by atoms with E-state index in [1.54, 1.807) is 23.9 Å². The number of hydrogen-bond donors (Lipinski definition) is 1. The van der Waals surface area contributed by atoms with E-state index in [1.165, 1.54) is 11.3 Å². The third-order valence-electron chi connectivity index (χ3n) is 6.07. The molecule has 0 bridgehead atoms. The number of amides is 2. The molecule has 1 N–H and O–H groups in total. The number of aryl methyl sites for hydroxylation is 1. The van der Waals surface area contributed by atoms with Gasteiger partial charge in [0.25, 0.3) is 5.91 Å². The van der Waals surface area contributed by atoms with Gasteiger partial charge in [0.1, 0.15) is 11.5 Å². The lowest BCUT2D eigenvalue weighted by molar-refractivity contribution is 0.0728. The van der Waals surface area contributed by atoms with Crippen LogP contribution >= 0.6 is 11.3 Å². The minimum atomic E-state index is -0.148. The summed E-state index contributed by atoms with van der Waals surface area (Å²) in [7, 11) is 1.68. The molecule has 1 fully saturated rings. The van der Waals surface area contributed by atoms with Crippen LogP contribution in [0.15, 0.2) is 42.6 Å². The molecule has 0 aliphatic carbocycles. The number of benzene rings is 1. The number of fused-ring (bicyclic) bond motifs is 2. The molecule has 1 saturated heterocycles. The van der Waals surface area contributed by atoms with Gasteiger partial charge in [-0.25, -0.2) is 4.79 Å². The van der Waals surface area contributed by atoms with Crippen LogP contribution in [-0.4, -0.2) is 59.2 Å². The standard InChI is InChI=1S/C25H26N4O4S/c1-4-26-25(31)29-15(2)11-16-12-17(5-6-20(16)29)33-21-7-9-27-19-13-22(34-23(19)21)24(30)28-10-8-18(14-28)32-3/h5-7,9,11-13,18H,4,8,10,14H2,1-3H3,(H,26,31)/t18-/m0/s1. The maximum Gasteiger partial charge on any atom is 0.326 e. The highest BCUT2D eigenvalue weighted by Gasteiger charge is 2.28. The highest BCUT2D eigenvalue weighted by Crippen LogP contribution is 2.36. The highest BCUT2D eigenvalue weighted by molar-refractivity contribution is 7.21. The molecule has 5 rings (SSSR count). The summed E-state index contributed by atoms with van der Waals surface area (Å²) in [6.07, 6.45) is 2.63. The van der Waals surface area contributed by atoms with Gasteiger partial charge in [-0.2, -0.15) is 0 Å². The SMILES string of the molecule is CCNC(=O)n1c(C)cc2cc(Oc3ccnc4cc(C(=O)N5CC[C@H](OC)C5)sc34)ccc21. The molecule has 4 aromatic rings. The van der Waals surface area contributed by atoms with E-state index in [4.69, 9.17) is 9.47 Å². The Kier molecular flexibility index (Phi) is 5.97. The summed E-state index contributed by atoms with van der Waals surface area (Å²) in [5.74, 6) is 1.29. The third-order valence-corrected chi connectivity index (χ3v) is 7.19. The van der Waals surface area contributed by atoms with E-state index in [9.17, 15) is 9.59 Å². The average Bonchev–Trinajstić information content (AvgIpc) is 3.55. The number of nitrogens with one attached hydrogen (secondary N) is 1. The van der Waals surface area contributed by atoms with Crippen LogP contribution in [0.25, 0.3) is 21.1 Å². The molecule has 8 nitrogen and oxygen atoms in total. The highest BCUT2D eigenvalue weighted by atomic mass is 32.1. The zero-order valence-electron chi connectivity index (χ0n) is 19.3. The molecule has 1 atom stereocenters. The minimum absolute atomic E-state index is 0.00269. The summed E-state index contributed by atoms with van der Waals surface area (Å²) < 4.78 is 14.1. The largest absolute Gasteiger partial charge is 0.456 e. The number of likely N-dealkylation sites (tertiary alicyclic amines) is 1. The minimum Gasteiger partial charge on any atom is -0.456 e. The molecule has 1 aromatic carbocycles. The number of hydrogen-bond acceptors (Lipinski definition) is 6. The Morgan fingerprint density at radius 3 is 2.85 bits per heavy atom. The van der Waals surface area contributed by atoms with E-state index in [1.807, 2.05) is 49.1 Å². The number of carbonyl (C=O) groups excluding carboxylic acids is 2. The maximum absolute atomic E-state index is 13.0. The van der Waals surface area contributed by atoms with E-state index in [0.29, 0.717) is 36.0 Å². The van der Waals surface area contributed by atoms with E-state index in [2.05, 4.69) is 10.3 Å². The lowest BCUT2D eigenvalue weighted by Crippen LogP contribution is -2.29. The third kappa shape index (κ3) is 4.01. The first-order valence-corrected chi connectivity index (χ1v) is 12.1. The Morgan fingerprint density at radius 1 is 1.24 bits per heavy atom. The molecule has 34 heavy (non-hydrogen) atoms. The van der Waals surface area contributed by atoms with Gasteiger partial charge in [-0.05, 0) is 50.6 Å². The van der Waals surface area contributed by atoms with Gasteiger partial charge in [0.05, 0.1) is 26.7 Å². The lowest BCUT2D eigenvalue weighted by Gasteiger charge is -2.14. The number of methoxy groups -OCH3 is 1. The topological polar surface area (TPSA) is 85.7 Å². The molecule has 4 heterocycles. The fourth-order valence-electron chi connectivity index (χ4n) is 4.38. The number of rotatable bonds is 5. The Morgan fingerprint density at radius 2 is 2.09 bits per heavy atom. The van der Waals surface area contributed by atoms with Gasteiger partial charge >= 0.3 is 6.03 Å². The molecule has 9 heteroatoms. The molecule has 3 aromatic heterocycles. The van der Waals surface area contributed by atoms with Crippen molar-refractivity contribution in [3.8, 4) is 11.5 Å². The number of pyridine rings is 1. The second-order valence-electron chi connectivity index (χ2n) is 8.31. The molecular weight excluding hydrogens is 452 g/mol. The summed E-state index contributed by atoms with van der Waals surface area (Å²) in [6, 6.07) is 11.1. The number of carbonyl (C=O) groups is 2. The first-order chi connectivity index (χ1) is 16.5. The van der Waals surface area contributed by atoms with Gasteiger partial charge in [-0.3, -0.25) is 14.3 Å². The second-order valence-corrected chi connectivity index (χ2v) is 9.36. The summed E-state index contributed by atoms with van der Waals surface area (Å²) in [5, 5.41) is 3.75. The van der Waals surface area contributed by atoms with Gasteiger partial charge < -0.3 is 19.7 Å². The normalized spacial score (nSPS) is 15.9. The summed E-state index contributed by atoms with van der Waals surface area (Å²) in [5.41, 5.74) is 2.40. The molecule has 176 valence electrons. The predicted octanol–water partition coefficient (Wildman–Crippen LogP) is 4.79. The van der Waals surface area contributed by atoms with Crippen LogP contribution < -0.4 is 10.1 Å². The molecule has 0 unspecified atom stereocenters. The zero-order valence-corrected chi connectivity index (χ0v) is 20.1. The smallest absolute Gasteiger partial charge is 0.326 e. The van der Waals surface area contributed by atoms with Crippen molar-refractivity contribution in [2.45, 2.75) is 26.4 Å². The summed E-state index contributed by atoms with van der Waals surface area (Å²) in [6.45, 7) is 5.66. The average molecular weight is 479 g/mol. The maximum atomic E-state index is 13.0. The monoisotopic (exact) mass is 478 g/mol. The van der Waals surface area contributed by atoms with E-state index >= 15 is 0 Å². The molecule has 1 aliphatic rings. The quantitative estimate of drug-likeness (QED) is 0.446. The number of thiophene rings is 1. The van der Waals surface area contributed by atoms with Crippen LogP contribution in [0.3, 0.4) is 0 Å². The molecule has 0 radical (unpaired) electrons. The zero-order chi connectivity index (χ0) is 23.8. The van der Waals surface area contributed by atoms with Gasteiger partial charge in [0.2, 0.25) is 0 Å². The van der Waals surface area contributed by atoms with Crippen LogP contribution in [0, 0.1) is 6.92 Å². The van der Waals surface area contributed by atoms with Crippen molar-refractivity contribution in [2.75, 3.05) is 26.7 Å². The number of aromatic nitrogens is 2. The summed E-state index contributed by atoms with van der Waals surface area (Å²) in [4.78, 5) is 32.3. The van der Waals surface area contributed by atoms with E-state index in [-0.39, 0.29) is 18.0 Å². The van der Waals surface area contributed by atoms with Gasteiger partial charge in [-0.15, -0.1) is 11.3 Å². The molecule has 0 spiro atoms. The Bertz CT molecular complexity index is 1390. The summed E-state index contributed by atoms with van der Waals surface area (Å²) >= 11 is 1.39. The fourth-order valence-corrected chi connectivity index (χ4v) is 5.42. The first-order valence-electron chi connectivity index (χ1n) is 11.3. The lowest BCUT2D eigenvalue weighted by atomic mass is 10.2. The van der Waals surface area contributed by atoms with Crippen molar-refractivity contribution in [3.05, 3.63) is 53.2 Å². The van der Waals surface area contributed by atoms with Crippen LogP contribution in [-0.2, 0) is 4.74 Å². The van der Waals surface area contributed by atoms with Crippen molar-refractivity contribution in [1.29, 1.82) is 0 Å². The molecule has 0 saturated carbocycles. The van der Waals surface area contributed by atoms with Gasteiger partial charge in [-0.1, -0.05) is 0 Å². The van der Waals surface area contributed by atoms with Crippen molar-refractivity contribution in [3.63, 3.8) is 0 Å².